The Hall–Kier alpha value is -0.340. The molecule has 2 aliphatic carbocycles. The second-order valence-electron chi connectivity index (χ2n) is 6.03. The minimum atomic E-state index is 0.536. The Bertz CT molecular complexity index is 384. The third-order valence-corrected chi connectivity index (χ3v) is 6.07. The van der Waals surface area contributed by atoms with Gasteiger partial charge in [-0.25, -0.2) is 0 Å². The maximum Gasteiger partial charge on any atom is 0.0388 e. The minimum Gasteiger partial charge on any atom is -0.309 e. The lowest BCUT2D eigenvalue weighted by atomic mass is 9.88. The Morgan fingerprint density at radius 3 is 2.88 bits per heavy atom. The number of rotatable bonds is 4. The summed E-state index contributed by atoms with van der Waals surface area (Å²) in [6, 6.07) is 2.77. The van der Waals surface area contributed by atoms with Crippen molar-refractivity contribution >= 4 is 11.3 Å². The molecule has 4 atom stereocenters. The molecule has 2 aliphatic rings. The molecule has 0 aliphatic heterocycles. The third-order valence-electron chi connectivity index (χ3n) is 4.87. The second kappa shape index (κ2) is 4.74. The summed E-state index contributed by atoms with van der Waals surface area (Å²) in [6.45, 7) is 5.77. The van der Waals surface area contributed by atoms with E-state index in [1.807, 2.05) is 11.3 Å². The molecule has 2 bridgehead atoms. The zero-order valence-corrected chi connectivity index (χ0v) is 11.7. The van der Waals surface area contributed by atoms with Gasteiger partial charge in [-0.2, -0.15) is 0 Å². The van der Waals surface area contributed by atoms with Crippen LogP contribution in [-0.4, -0.2) is 6.54 Å². The van der Waals surface area contributed by atoms with E-state index < -0.39 is 0 Å². The number of hydrogen-bond donors (Lipinski definition) is 1. The number of fused-ring (bicyclic) bond motifs is 2. The van der Waals surface area contributed by atoms with Crippen molar-refractivity contribution in [2.75, 3.05) is 6.54 Å². The maximum atomic E-state index is 3.76. The van der Waals surface area contributed by atoms with E-state index in [1.165, 1.54) is 42.7 Å². The topological polar surface area (TPSA) is 12.0 Å². The molecule has 2 saturated carbocycles. The molecular weight excluding hydrogens is 226 g/mol. The summed E-state index contributed by atoms with van der Waals surface area (Å²) in [5.74, 6) is 3.09. The number of aryl methyl sites for hydroxylation is 1. The van der Waals surface area contributed by atoms with Crippen LogP contribution in [0, 0.1) is 24.7 Å². The molecule has 94 valence electrons. The molecule has 1 heterocycles. The predicted octanol–water partition coefficient (Wildman–Crippen LogP) is 4.14. The van der Waals surface area contributed by atoms with Crippen LogP contribution in [0.15, 0.2) is 11.4 Å². The molecule has 0 spiro atoms. The lowest BCUT2D eigenvalue weighted by Crippen LogP contribution is -2.28. The van der Waals surface area contributed by atoms with Gasteiger partial charge in [0.05, 0.1) is 0 Å². The quantitative estimate of drug-likeness (QED) is 0.845. The monoisotopic (exact) mass is 249 g/mol. The Morgan fingerprint density at radius 2 is 2.29 bits per heavy atom. The summed E-state index contributed by atoms with van der Waals surface area (Å²) >= 11 is 1.89. The van der Waals surface area contributed by atoms with E-state index in [1.54, 1.807) is 0 Å². The summed E-state index contributed by atoms with van der Waals surface area (Å²) in [6.07, 6.45) is 6.04. The van der Waals surface area contributed by atoms with Crippen molar-refractivity contribution in [3.8, 4) is 0 Å². The summed E-state index contributed by atoms with van der Waals surface area (Å²) in [4.78, 5) is 1.52. The molecule has 1 aromatic heterocycles. The first-order valence-electron chi connectivity index (χ1n) is 7.01. The van der Waals surface area contributed by atoms with Crippen molar-refractivity contribution in [2.45, 2.75) is 45.6 Å². The largest absolute Gasteiger partial charge is 0.309 e. The lowest BCUT2D eigenvalue weighted by Gasteiger charge is -2.24. The van der Waals surface area contributed by atoms with Crippen molar-refractivity contribution in [3.63, 3.8) is 0 Å². The van der Waals surface area contributed by atoms with Gasteiger partial charge in [0.15, 0.2) is 0 Å². The molecule has 0 radical (unpaired) electrons. The van der Waals surface area contributed by atoms with Crippen LogP contribution in [-0.2, 0) is 0 Å². The molecule has 1 nitrogen and oxygen atoms in total. The Morgan fingerprint density at radius 1 is 1.41 bits per heavy atom. The highest BCUT2D eigenvalue weighted by Crippen LogP contribution is 2.48. The first-order chi connectivity index (χ1) is 8.24. The van der Waals surface area contributed by atoms with Gasteiger partial charge in [0, 0.05) is 10.9 Å². The van der Waals surface area contributed by atoms with Gasteiger partial charge in [0.25, 0.3) is 0 Å². The van der Waals surface area contributed by atoms with Crippen LogP contribution in [0.3, 0.4) is 0 Å². The van der Waals surface area contributed by atoms with E-state index in [0.717, 1.165) is 17.8 Å². The highest BCUT2D eigenvalue weighted by atomic mass is 32.1. The Labute approximate surface area is 109 Å². The van der Waals surface area contributed by atoms with Crippen molar-refractivity contribution in [3.05, 3.63) is 21.9 Å². The number of thiophene rings is 1. The molecular formula is C15H23NS. The van der Waals surface area contributed by atoms with Crippen LogP contribution in [0.25, 0.3) is 0 Å². The normalized spacial score (nSPS) is 33.2. The van der Waals surface area contributed by atoms with Crippen molar-refractivity contribution in [1.29, 1.82) is 0 Å². The first kappa shape index (κ1) is 11.7. The fraction of sp³-hybridized carbons (Fsp3) is 0.733. The highest BCUT2D eigenvalue weighted by Gasteiger charge is 2.39. The van der Waals surface area contributed by atoms with Crippen molar-refractivity contribution < 1.29 is 0 Å². The van der Waals surface area contributed by atoms with Crippen LogP contribution >= 0.6 is 11.3 Å². The average Bonchev–Trinajstić information content (AvgIpc) is 3.01. The van der Waals surface area contributed by atoms with Crippen LogP contribution in [0.2, 0.25) is 0 Å². The minimum absolute atomic E-state index is 0.536. The molecule has 4 unspecified atom stereocenters. The summed E-state index contributed by atoms with van der Waals surface area (Å²) in [5, 5.41) is 5.97. The van der Waals surface area contributed by atoms with Crippen LogP contribution < -0.4 is 5.32 Å². The van der Waals surface area contributed by atoms with Gasteiger partial charge in [-0.3, -0.25) is 0 Å². The second-order valence-corrected chi connectivity index (χ2v) is 6.98. The fourth-order valence-corrected chi connectivity index (χ4v) is 4.84. The van der Waals surface area contributed by atoms with E-state index >= 15 is 0 Å². The van der Waals surface area contributed by atoms with Gasteiger partial charge >= 0.3 is 0 Å². The van der Waals surface area contributed by atoms with E-state index in [-0.39, 0.29) is 0 Å². The van der Waals surface area contributed by atoms with Gasteiger partial charge in [-0.15, -0.1) is 11.3 Å². The summed E-state index contributed by atoms with van der Waals surface area (Å²) in [7, 11) is 0. The van der Waals surface area contributed by atoms with Crippen LogP contribution in [0.4, 0.5) is 0 Å². The highest BCUT2D eigenvalue weighted by molar-refractivity contribution is 7.10. The predicted molar refractivity (Wildman–Crippen MR) is 74.4 cm³/mol. The molecule has 3 rings (SSSR count). The van der Waals surface area contributed by atoms with Gasteiger partial charge in [-0.05, 0) is 74.4 Å². The molecule has 2 fully saturated rings. The molecule has 0 aromatic carbocycles. The zero-order chi connectivity index (χ0) is 11.8. The molecule has 17 heavy (non-hydrogen) atoms. The fourth-order valence-electron chi connectivity index (χ4n) is 3.88. The maximum absolute atomic E-state index is 3.76. The van der Waals surface area contributed by atoms with Crippen molar-refractivity contribution in [1.82, 2.24) is 5.32 Å². The first-order valence-corrected chi connectivity index (χ1v) is 7.89. The van der Waals surface area contributed by atoms with E-state index in [9.17, 15) is 0 Å². The molecule has 2 heteroatoms. The molecule has 0 amide bonds. The average molecular weight is 249 g/mol. The molecule has 0 saturated heterocycles. The van der Waals surface area contributed by atoms with Gasteiger partial charge in [-0.1, -0.05) is 6.42 Å². The Balaban J connectivity index is 1.53. The number of hydrogen-bond acceptors (Lipinski definition) is 2. The van der Waals surface area contributed by atoms with E-state index in [4.69, 9.17) is 0 Å². The van der Waals surface area contributed by atoms with Crippen LogP contribution in [0.1, 0.15) is 49.1 Å². The molecule has 1 aromatic rings. The number of nitrogens with one attached hydrogen (secondary N) is 1. The van der Waals surface area contributed by atoms with Gasteiger partial charge in [0.2, 0.25) is 0 Å². The third kappa shape index (κ3) is 2.30. The molecule has 1 N–H and O–H groups in total. The smallest absolute Gasteiger partial charge is 0.0388 e. The van der Waals surface area contributed by atoms with Crippen molar-refractivity contribution in [2.24, 2.45) is 17.8 Å². The zero-order valence-electron chi connectivity index (χ0n) is 10.9. The van der Waals surface area contributed by atoms with E-state index in [2.05, 4.69) is 30.6 Å². The van der Waals surface area contributed by atoms with Crippen LogP contribution in [0.5, 0.6) is 0 Å². The lowest BCUT2D eigenvalue weighted by molar-refractivity contribution is 0.310. The summed E-state index contributed by atoms with van der Waals surface area (Å²) < 4.78 is 0. The van der Waals surface area contributed by atoms with Gasteiger partial charge in [0.1, 0.15) is 0 Å². The standard InChI is InChI=1S/C15H23NS/c1-10-5-6-17-15(10)11(2)16-9-14-8-12-3-4-13(14)7-12/h5-6,11-14,16H,3-4,7-9H2,1-2H3. The van der Waals surface area contributed by atoms with Gasteiger partial charge < -0.3 is 5.32 Å². The summed E-state index contributed by atoms with van der Waals surface area (Å²) in [5.41, 5.74) is 1.45. The SMILES string of the molecule is Cc1ccsc1C(C)NCC1CC2CCC1C2. The van der Waals surface area contributed by atoms with E-state index in [0.29, 0.717) is 6.04 Å². The Kier molecular flexibility index (Phi) is 3.27.